The van der Waals surface area contributed by atoms with Crippen molar-refractivity contribution >= 4 is 5.97 Å². The third-order valence-corrected chi connectivity index (χ3v) is 3.83. The van der Waals surface area contributed by atoms with Crippen LogP contribution in [0.1, 0.15) is 29.5 Å². The van der Waals surface area contributed by atoms with Gasteiger partial charge in [-0.15, -0.1) is 0 Å². The monoisotopic (exact) mass is 234 g/mol. The first-order valence-corrected chi connectivity index (χ1v) is 5.84. The predicted octanol–water partition coefficient (Wildman–Crippen LogP) is 2.43. The molecule has 1 aliphatic carbocycles. The van der Waals surface area contributed by atoms with Crippen LogP contribution in [0.25, 0.3) is 0 Å². The molecule has 1 fully saturated rings. The molecule has 0 aromatic heterocycles. The molecule has 1 aromatic rings. The summed E-state index contributed by atoms with van der Waals surface area (Å²) in [6.07, 6.45) is 1.05. The fourth-order valence-electron chi connectivity index (χ4n) is 2.45. The van der Waals surface area contributed by atoms with E-state index in [2.05, 4.69) is 26.0 Å². The summed E-state index contributed by atoms with van der Waals surface area (Å²) in [6.45, 7) is 4.11. The molecular weight excluding hydrogens is 216 g/mol. The van der Waals surface area contributed by atoms with Gasteiger partial charge in [0.1, 0.15) is 0 Å². The molecule has 0 heterocycles. The molecule has 0 aliphatic heterocycles. The van der Waals surface area contributed by atoms with Gasteiger partial charge in [-0.1, -0.05) is 18.2 Å². The van der Waals surface area contributed by atoms with Crippen molar-refractivity contribution in [1.82, 2.24) is 0 Å². The van der Waals surface area contributed by atoms with Gasteiger partial charge in [0.15, 0.2) is 6.10 Å². The Labute approximate surface area is 101 Å². The summed E-state index contributed by atoms with van der Waals surface area (Å²) in [5.41, 5.74) is 3.22. The molecule has 92 valence electrons. The average Bonchev–Trinajstić information content (AvgIpc) is 3.04. The van der Waals surface area contributed by atoms with E-state index < -0.39 is 12.1 Å². The van der Waals surface area contributed by atoms with Crippen LogP contribution in [0.2, 0.25) is 0 Å². The average molecular weight is 234 g/mol. The van der Waals surface area contributed by atoms with Gasteiger partial charge < -0.3 is 9.84 Å². The molecule has 3 nitrogen and oxygen atoms in total. The second-order valence-corrected chi connectivity index (χ2v) is 4.91. The van der Waals surface area contributed by atoms with Gasteiger partial charge in [-0.3, -0.25) is 0 Å². The number of carboxylic acids is 1. The summed E-state index contributed by atoms with van der Waals surface area (Å²) in [4.78, 5) is 11.2. The van der Waals surface area contributed by atoms with Crippen molar-refractivity contribution < 1.29 is 14.6 Å². The number of carboxylic acid groups (broad SMARTS) is 1. The minimum atomic E-state index is -0.872. The van der Waals surface area contributed by atoms with E-state index in [-0.39, 0.29) is 5.41 Å². The van der Waals surface area contributed by atoms with E-state index in [1.807, 2.05) is 6.07 Å². The minimum Gasteiger partial charge on any atom is -0.479 e. The highest BCUT2D eigenvalue weighted by Gasteiger charge is 2.54. The second-order valence-electron chi connectivity index (χ2n) is 4.91. The van der Waals surface area contributed by atoms with E-state index in [4.69, 9.17) is 4.74 Å². The topological polar surface area (TPSA) is 46.5 Å². The Kier molecular flexibility index (Phi) is 2.96. The molecule has 1 aromatic carbocycles. The van der Waals surface area contributed by atoms with E-state index in [1.165, 1.54) is 18.2 Å². The van der Waals surface area contributed by atoms with Crippen LogP contribution in [0.5, 0.6) is 0 Å². The van der Waals surface area contributed by atoms with Crippen molar-refractivity contribution in [2.45, 2.75) is 38.2 Å². The molecule has 1 unspecified atom stereocenters. The Morgan fingerprint density at radius 1 is 1.35 bits per heavy atom. The fourth-order valence-corrected chi connectivity index (χ4v) is 2.45. The molecule has 17 heavy (non-hydrogen) atoms. The van der Waals surface area contributed by atoms with Gasteiger partial charge >= 0.3 is 5.97 Å². The molecule has 1 N–H and O–H groups in total. The highest BCUT2D eigenvalue weighted by molar-refractivity contribution is 5.76. The number of carbonyl (C=O) groups is 1. The van der Waals surface area contributed by atoms with Crippen molar-refractivity contribution in [2.75, 3.05) is 7.11 Å². The van der Waals surface area contributed by atoms with Gasteiger partial charge in [0, 0.05) is 12.5 Å². The predicted molar refractivity (Wildman–Crippen MR) is 65.3 cm³/mol. The molecule has 0 saturated heterocycles. The summed E-state index contributed by atoms with van der Waals surface area (Å²) in [5, 5.41) is 9.21. The van der Waals surface area contributed by atoms with E-state index in [0.29, 0.717) is 0 Å². The van der Waals surface area contributed by atoms with Crippen LogP contribution in [0.3, 0.4) is 0 Å². The quantitative estimate of drug-likeness (QED) is 0.870. The van der Waals surface area contributed by atoms with Crippen LogP contribution in [0.15, 0.2) is 18.2 Å². The van der Waals surface area contributed by atoms with Crippen molar-refractivity contribution in [3.05, 3.63) is 34.9 Å². The van der Waals surface area contributed by atoms with E-state index in [0.717, 1.165) is 18.4 Å². The molecule has 0 amide bonds. The highest BCUT2D eigenvalue weighted by Crippen LogP contribution is 2.52. The summed E-state index contributed by atoms with van der Waals surface area (Å²) in [7, 11) is 1.47. The maximum Gasteiger partial charge on any atom is 0.333 e. The lowest BCUT2D eigenvalue weighted by Crippen LogP contribution is -2.35. The van der Waals surface area contributed by atoms with Crippen molar-refractivity contribution in [1.29, 1.82) is 0 Å². The summed E-state index contributed by atoms with van der Waals surface area (Å²) in [5.74, 6) is -0.872. The fraction of sp³-hybridized carbons (Fsp3) is 0.500. The zero-order chi connectivity index (χ0) is 12.6. The Balaban J connectivity index is 2.38. The zero-order valence-corrected chi connectivity index (χ0v) is 10.5. The highest BCUT2D eigenvalue weighted by atomic mass is 16.5. The summed E-state index contributed by atoms with van der Waals surface area (Å²) < 4.78 is 5.16. The Bertz CT molecular complexity index is 447. The SMILES string of the molecule is COC(C(=O)O)C1(c2ccc(C)c(C)c2)CC1. The first kappa shape index (κ1) is 12.1. The number of aryl methyl sites for hydroxylation is 2. The van der Waals surface area contributed by atoms with Gasteiger partial charge in [-0.05, 0) is 43.4 Å². The normalized spacial score (nSPS) is 18.8. The van der Waals surface area contributed by atoms with Gasteiger partial charge in [0.25, 0.3) is 0 Å². The third-order valence-electron chi connectivity index (χ3n) is 3.83. The van der Waals surface area contributed by atoms with Gasteiger partial charge in [0.2, 0.25) is 0 Å². The Morgan fingerprint density at radius 3 is 2.41 bits per heavy atom. The smallest absolute Gasteiger partial charge is 0.333 e. The lowest BCUT2D eigenvalue weighted by Gasteiger charge is -2.23. The number of benzene rings is 1. The maximum absolute atomic E-state index is 11.2. The number of aliphatic carboxylic acids is 1. The number of hydrogen-bond acceptors (Lipinski definition) is 2. The number of ether oxygens (including phenoxy) is 1. The Morgan fingerprint density at radius 2 is 2.00 bits per heavy atom. The van der Waals surface area contributed by atoms with Crippen LogP contribution in [0, 0.1) is 13.8 Å². The van der Waals surface area contributed by atoms with Crippen LogP contribution in [-0.4, -0.2) is 24.3 Å². The standard InChI is InChI=1S/C14H18O3/c1-9-4-5-11(8-10(9)2)14(6-7-14)12(17-3)13(15)16/h4-5,8,12H,6-7H2,1-3H3,(H,15,16). The molecule has 1 aliphatic rings. The van der Waals surface area contributed by atoms with Crippen LogP contribution >= 0.6 is 0 Å². The number of hydrogen-bond donors (Lipinski definition) is 1. The van der Waals surface area contributed by atoms with E-state index >= 15 is 0 Å². The molecule has 1 saturated carbocycles. The molecule has 0 bridgehead atoms. The molecule has 0 spiro atoms. The van der Waals surface area contributed by atoms with Gasteiger partial charge in [-0.2, -0.15) is 0 Å². The molecule has 1 atom stereocenters. The van der Waals surface area contributed by atoms with E-state index in [1.54, 1.807) is 0 Å². The first-order valence-electron chi connectivity index (χ1n) is 5.84. The Hall–Kier alpha value is -1.35. The zero-order valence-electron chi connectivity index (χ0n) is 10.5. The van der Waals surface area contributed by atoms with Crippen LogP contribution in [0.4, 0.5) is 0 Å². The number of rotatable bonds is 4. The lowest BCUT2D eigenvalue weighted by atomic mass is 9.88. The number of methoxy groups -OCH3 is 1. The lowest BCUT2D eigenvalue weighted by molar-refractivity contribution is -0.150. The van der Waals surface area contributed by atoms with Crippen molar-refractivity contribution in [3.63, 3.8) is 0 Å². The van der Waals surface area contributed by atoms with Crippen LogP contribution in [-0.2, 0) is 14.9 Å². The first-order chi connectivity index (χ1) is 8.01. The van der Waals surface area contributed by atoms with Crippen molar-refractivity contribution in [2.24, 2.45) is 0 Å². The second kappa shape index (κ2) is 4.15. The molecule has 3 heteroatoms. The minimum absolute atomic E-state index is 0.307. The van der Waals surface area contributed by atoms with Crippen molar-refractivity contribution in [3.8, 4) is 0 Å². The maximum atomic E-state index is 11.2. The van der Waals surface area contributed by atoms with E-state index in [9.17, 15) is 9.90 Å². The molecule has 0 radical (unpaired) electrons. The third kappa shape index (κ3) is 1.95. The van der Waals surface area contributed by atoms with Gasteiger partial charge in [-0.25, -0.2) is 4.79 Å². The van der Waals surface area contributed by atoms with Crippen LogP contribution < -0.4 is 0 Å². The summed E-state index contributed by atoms with van der Waals surface area (Å²) >= 11 is 0. The largest absolute Gasteiger partial charge is 0.479 e. The molecular formula is C14H18O3. The molecule has 2 rings (SSSR count). The summed E-state index contributed by atoms with van der Waals surface area (Å²) in [6, 6.07) is 6.18. The van der Waals surface area contributed by atoms with Gasteiger partial charge in [0.05, 0.1) is 0 Å².